The highest BCUT2D eigenvalue weighted by Crippen LogP contribution is 2.19. The number of aromatic nitrogens is 1. The van der Waals surface area contributed by atoms with Gasteiger partial charge in [-0.05, 0) is 49.7 Å². The quantitative estimate of drug-likeness (QED) is 0.784. The summed E-state index contributed by atoms with van der Waals surface area (Å²) in [6.45, 7) is 4.65. The van der Waals surface area contributed by atoms with Gasteiger partial charge in [-0.1, -0.05) is 23.8 Å². The molecule has 1 heterocycles. The molecule has 0 radical (unpaired) electrons. The van der Waals surface area contributed by atoms with Crippen LogP contribution in [0.3, 0.4) is 0 Å². The third-order valence-electron chi connectivity index (χ3n) is 4.11. The SMILES string of the molecule is Cc1ccc(C(=O)NCc2ccc3c(c2)cc(C)n3C)cc1. The Bertz CT molecular complexity index is 829. The molecule has 0 aliphatic rings. The Hall–Kier alpha value is -2.55. The van der Waals surface area contributed by atoms with E-state index in [1.165, 1.54) is 16.6 Å². The smallest absolute Gasteiger partial charge is 0.251 e. The third-order valence-corrected chi connectivity index (χ3v) is 4.11. The first kappa shape index (κ1) is 14.4. The molecule has 1 N–H and O–H groups in total. The van der Waals surface area contributed by atoms with E-state index in [9.17, 15) is 4.79 Å². The van der Waals surface area contributed by atoms with E-state index >= 15 is 0 Å². The number of carbonyl (C=O) groups is 1. The van der Waals surface area contributed by atoms with Crippen LogP contribution in [0.15, 0.2) is 48.5 Å². The zero-order valence-electron chi connectivity index (χ0n) is 13.2. The van der Waals surface area contributed by atoms with Gasteiger partial charge in [0.15, 0.2) is 0 Å². The van der Waals surface area contributed by atoms with E-state index in [2.05, 4.69) is 48.1 Å². The standard InChI is InChI=1S/C19H20N2O/c1-13-4-7-16(8-5-13)19(22)20-12-15-6-9-18-17(11-15)10-14(2)21(18)3/h4-11H,12H2,1-3H3,(H,20,22). The van der Waals surface area contributed by atoms with Crippen molar-refractivity contribution in [3.05, 3.63) is 70.9 Å². The minimum atomic E-state index is -0.0376. The fourth-order valence-electron chi connectivity index (χ4n) is 2.64. The van der Waals surface area contributed by atoms with Gasteiger partial charge in [-0.3, -0.25) is 4.79 Å². The van der Waals surface area contributed by atoms with Crippen LogP contribution in [0.4, 0.5) is 0 Å². The van der Waals surface area contributed by atoms with Gasteiger partial charge in [0, 0.05) is 35.8 Å². The predicted octanol–water partition coefficient (Wildman–Crippen LogP) is 3.73. The number of fused-ring (bicyclic) bond motifs is 1. The van der Waals surface area contributed by atoms with E-state index in [4.69, 9.17) is 0 Å². The van der Waals surface area contributed by atoms with Crippen molar-refractivity contribution < 1.29 is 4.79 Å². The molecule has 3 heteroatoms. The molecule has 0 unspecified atom stereocenters. The van der Waals surface area contributed by atoms with Crippen LogP contribution in [0, 0.1) is 13.8 Å². The molecule has 0 aliphatic carbocycles. The summed E-state index contributed by atoms with van der Waals surface area (Å²) >= 11 is 0. The van der Waals surface area contributed by atoms with Crippen LogP contribution in [0.2, 0.25) is 0 Å². The lowest BCUT2D eigenvalue weighted by Gasteiger charge is -2.06. The lowest BCUT2D eigenvalue weighted by Crippen LogP contribution is -2.22. The Balaban J connectivity index is 1.73. The first-order valence-corrected chi connectivity index (χ1v) is 7.44. The highest BCUT2D eigenvalue weighted by molar-refractivity contribution is 5.94. The maximum Gasteiger partial charge on any atom is 0.251 e. The Labute approximate surface area is 130 Å². The number of benzene rings is 2. The van der Waals surface area contributed by atoms with E-state index < -0.39 is 0 Å². The Kier molecular flexibility index (Phi) is 3.72. The molecule has 2 aromatic carbocycles. The number of nitrogens with zero attached hydrogens (tertiary/aromatic N) is 1. The fraction of sp³-hybridized carbons (Fsp3) is 0.211. The van der Waals surface area contributed by atoms with Crippen LogP contribution >= 0.6 is 0 Å². The van der Waals surface area contributed by atoms with Crippen LogP contribution < -0.4 is 5.32 Å². The average Bonchev–Trinajstić information content (AvgIpc) is 2.80. The van der Waals surface area contributed by atoms with Gasteiger partial charge < -0.3 is 9.88 Å². The Morgan fingerprint density at radius 2 is 1.77 bits per heavy atom. The van der Waals surface area contributed by atoms with Crippen LogP contribution in [0.1, 0.15) is 27.2 Å². The van der Waals surface area contributed by atoms with Gasteiger partial charge >= 0.3 is 0 Å². The molecular weight excluding hydrogens is 272 g/mol. The summed E-state index contributed by atoms with van der Waals surface area (Å²) in [5.74, 6) is -0.0376. The zero-order valence-corrected chi connectivity index (χ0v) is 13.2. The lowest BCUT2D eigenvalue weighted by atomic mass is 10.1. The fourth-order valence-corrected chi connectivity index (χ4v) is 2.64. The van der Waals surface area contributed by atoms with Crippen molar-refractivity contribution in [1.82, 2.24) is 9.88 Å². The molecule has 0 atom stereocenters. The minimum Gasteiger partial charge on any atom is -0.348 e. The minimum absolute atomic E-state index is 0.0376. The zero-order chi connectivity index (χ0) is 15.7. The van der Waals surface area contributed by atoms with E-state index in [-0.39, 0.29) is 5.91 Å². The molecule has 1 amide bonds. The Morgan fingerprint density at radius 3 is 2.50 bits per heavy atom. The second kappa shape index (κ2) is 5.68. The van der Waals surface area contributed by atoms with Gasteiger partial charge in [-0.2, -0.15) is 0 Å². The molecule has 0 spiro atoms. The van der Waals surface area contributed by atoms with Gasteiger partial charge in [0.1, 0.15) is 0 Å². The number of hydrogen-bond donors (Lipinski definition) is 1. The van der Waals surface area contributed by atoms with Crippen molar-refractivity contribution in [3.8, 4) is 0 Å². The molecule has 3 nitrogen and oxygen atoms in total. The van der Waals surface area contributed by atoms with Crippen LogP contribution in [-0.4, -0.2) is 10.5 Å². The van der Waals surface area contributed by atoms with Crippen molar-refractivity contribution in [3.63, 3.8) is 0 Å². The number of carbonyl (C=O) groups excluding carboxylic acids is 1. The van der Waals surface area contributed by atoms with Crippen LogP contribution in [-0.2, 0) is 13.6 Å². The topological polar surface area (TPSA) is 34.0 Å². The van der Waals surface area contributed by atoms with E-state index in [0.29, 0.717) is 12.1 Å². The van der Waals surface area contributed by atoms with Crippen molar-refractivity contribution in [2.75, 3.05) is 0 Å². The van der Waals surface area contributed by atoms with E-state index in [1.54, 1.807) is 0 Å². The number of aryl methyl sites for hydroxylation is 3. The lowest BCUT2D eigenvalue weighted by molar-refractivity contribution is 0.0951. The highest BCUT2D eigenvalue weighted by atomic mass is 16.1. The summed E-state index contributed by atoms with van der Waals surface area (Å²) in [5.41, 5.74) is 5.41. The van der Waals surface area contributed by atoms with Gasteiger partial charge in [0.25, 0.3) is 5.91 Å². The average molecular weight is 292 g/mol. The molecule has 0 aliphatic heterocycles. The molecule has 0 saturated heterocycles. The molecule has 112 valence electrons. The molecule has 1 aromatic heterocycles. The summed E-state index contributed by atoms with van der Waals surface area (Å²) in [7, 11) is 2.07. The second-order valence-corrected chi connectivity index (χ2v) is 5.79. The largest absolute Gasteiger partial charge is 0.348 e. The molecular formula is C19H20N2O. The number of hydrogen-bond acceptors (Lipinski definition) is 1. The van der Waals surface area contributed by atoms with Gasteiger partial charge in [0.2, 0.25) is 0 Å². The molecule has 0 fully saturated rings. The first-order chi connectivity index (χ1) is 10.5. The van der Waals surface area contributed by atoms with E-state index in [0.717, 1.165) is 11.1 Å². The number of amides is 1. The summed E-state index contributed by atoms with van der Waals surface area (Å²) in [5, 5.41) is 4.19. The maximum absolute atomic E-state index is 12.1. The maximum atomic E-state index is 12.1. The monoisotopic (exact) mass is 292 g/mol. The summed E-state index contributed by atoms with van der Waals surface area (Å²) in [6, 6.07) is 16.1. The van der Waals surface area contributed by atoms with Gasteiger partial charge in [0.05, 0.1) is 0 Å². The Morgan fingerprint density at radius 1 is 1.05 bits per heavy atom. The normalized spacial score (nSPS) is 10.9. The molecule has 3 rings (SSSR count). The molecule has 0 saturated carbocycles. The summed E-state index contributed by atoms with van der Waals surface area (Å²) in [6.07, 6.45) is 0. The van der Waals surface area contributed by atoms with Crippen molar-refractivity contribution in [2.45, 2.75) is 20.4 Å². The highest BCUT2D eigenvalue weighted by Gasteiger charge is 2.06. The van der Waals surface area contributed by atoms with Crippen LogP contribution in [0.5, 0.6) is 0 Å². The molecule has 3 aromatic rings. The van der Waals surface area contributed by atoms with Crippen molar-refractivity contribution in [1.29, 1.82) is 0 Å². The first-order valence-electron chi connectivity index (χ1n) is 7.44. The van der Waals surface area contributed by atoms with Crippen molar-refractivity contribution in [2.24, 2.45) is 7.05 Å². The van der Waals surface area contributed by atoms with Crippen molar-refractivity contribution >= 4 is 16.8 Å². The van der Waals surface area contributed by atoms with E-state index in [1.807, 2.05) is 31.2 Å². The predicted molar refractivity (Wildman–Crippen MR) is 90.0 cm³/mol. The second-order valence-electron chi connectivity index (χ2n) is 5.79. The number of rotatable bonds is 3. The van der Waals surface area contributed by atoms with Gasteiger partial charge in [-0.25, -0.2) is 0 Å². The summed E-state index contributed by atoms with van der Waals surface area (Å²) < 4.78 is 2.17. The molecule has 0 bridgehead atoms. The number of nitrogens with one attached hydrogen (secondary N) is 1. The third kappa shape index (κ3) is 2.75. The molecule has 22 heavy (non-hydrogen) atoms. The van der Waals surface area contributed by atoms with Gasteiger partial charge in [-0.15, -0.1) is 0 Å². The summed E-state index contributed by atoms with van der Waals surface area (Å²) in [4.78, 5) is 12.1. The van der Waals surface area contributed by atoms with Crippen LogP contribution in [0.25, 0.3) is 10.9 Å².